The van der Waals surface area contributed by atoms with E-state index in [1.807, 2.05) is 30.3 Å². The van der Waals surface area contributed by atoms with Crippen LogP contribution in [0.25, 0.3) is 11.1 Å². The summed E-state index contributed by atoms with van der Waals surface area (Å²) in [6, 6.07) is 19.9. The van der Waals surface area contributed by atoms with Crippen LogP contribution in [0.3, 0.4) is 0 Å². The molecule has 0 saturated carbocycles. The summed E-state index contributed by atoms with van der Waals surface area (Å²) in [5.41, 5.74) is 2.95. The Morgan fingerprint density at radius 2 is 1.73 bits per heavy atom. The standard InChI is InChI=1S/C25H25NO6S/c1-30-23-5-3-4-6-24(23)31-16-25(27)26-15-20-14-19-13-18(9-12-22(19)32-20)17-7-10-21(11-8-17)33(2,28)29/h3-13,20H,14-16H2,1-2H3,(H,26,27). The molecule has 0 aromatic heterocycles. The van der Waals surface area contributed by atoms with E-state index in [9.17, 15) is 13.2 Å². The first-order chi connectivity index (χ1) is 15.8. The van der Waals surface area contributed by atoms with Crippen molar-refractivity contribution in [1.29, 1.82) is 0 Å². The molecule has 3 aromatic rings. The second-order valence-corrected chi connectivity index (χ2v) is 9.82. The number of ether oxygens (including phenoxy) is 3. The van der Waals surface area contributed by atoms with Crippen LogP contribution in [0.1, 0.15) is 5.56 Å². The van der Waals surface area contributed by atoms with Gasteiger partial charge in [-0.3, -0.25) is 4.79 Å². The lowest BCUT2D eigenvalue weighted by atomic mass is 10.0. The summed E-state index contributed by atoms with van der Waals surface area (Å²) in [4.78, 5) is 12.5. The summed E-state index contributed by atoms with van der Waals surface area (Å²) < 4.78 is 40.0. The van der Waals surface area contributed by atoms with Gasteiger partial charge in [0.15, 0.2) is 27.9 Å². The Balaban J connectivity index is 1.32. The van der Waals surface area contributed by atoms with Crippen molar-refractivity contribution in [3.05, 3.63) is 72.3 Å². The highest BCUT2D eigenvalue weighted by Gasteiger charge is 2.24. The van der Waals surface area contributed by atoms with Crippen LogP contribution in [0, 0.1) is 0 Å². The van der Waals surface area contributed by atoms with Gasteiger partial charge in [-0.2, -0.15) is 0 Å². The smallest absolute Gasteiger partial charge is 0.258 e. The minimum atomic E-state index is -3.23. The number of hydrogen-bond acceptors (Lipinski definition) is 6. The maximum absolute atomic E-state index is 12.2. The number of carbonyl (C=O) groups is 1. The maximum Gasteiger partial charge on any atom is 0.258 e. The van der Waals surface area contributed by atoms with E-state index in [0.717, 1.165) is 22.4 Å². The van der Waals surface area contributed by atoms with Crippen LogP contribution in [-0.4, -0.2) is 46.9 Å². The zero-order valence-corrected chi connectivity index (χ0v) is 19.2. The molecule has 4 rings (SSSR count). The Bertz CT molecular complexity index is 1250. The molecular formula is C25H25NO6S. The Morgan fingerprint density at radius 1 is 1.03 bits per heavy atom. The number of fused-ring (bicyclic) bond motifs is 1. The van der Waals surface area contributed by atoms with Gasteiger partial charge < -0.3 is 19.5 Å². The van der Waals surface area contributed by atoms with E-state index in [0.29, 0.717) is 29.4 Å². The van der Waals surface area contributed by atoms with Crippen molar-refractivity contribution in [2.45, 2.75) is 17.4 Å². The molecule has 0 fully saturated rings. The first kappa shape index (κ1) is 22.7. The fourth-order valence-corrected chi connectivity index (χ4v) is 4.30. The zero-order valence-electron chi connectivity index (χ0n) is 18.4. The Labute approximate surface area is 193 Å². The predicted molar refractivity (Wildman–Crippen MR) is 125 cm³/mol. The van der Waals surface area contributed by atoms with Crippen LogP contribution in [-0.2, 0) is 21.1 Å². The monoisotopic (exact) mass is 467 g/mol. The van der Waals surface area contributed by atoms with E-state index in [1.165, 1.54) is 6.26 Å². The molecule has 0 saturated heterocycles. The second kappa shape index (κ2) is 9.54. The Morgan fingerprint density at radius 3 is 2.42 bits per heavy atom. The predicted octanol–water partition coefficient (Wildman–Crippen LogP) is 3.26. The summed E-state index contributed by atoms with van der Waals surface area (Å²) >= 11 is 0. The molecule has 0 aliphatic carbocycles. The number of rotatable bonds is 8. The largest absolute Gasteiger partial charge is 0.493 e. The van der Waals surface area contributed by atoms with E-state index in [2.05, 4.69) is 5.32 Å². The van der Waals surface area contributed by atoms with Gasteiger partial charge in [0.25, 0.3) is 5.91 Å². The summed E-state index contributed by atoms with van der Waals surface area (Å²) in [5, 5.41) is 2.85. The highest BCUT2D eigenvalue weighted by Crippen LogP contribution is 2.33. The highest BCUT2D eigenvalue weighted by atomic mass is 32.2. The van der Waals surface area contributed by atoms with E-state index in [4.69, 9.17) is 14.2 Å². The third-order valence-corrected chi connectivity index (χ3v) is 6.50. The molecule has 33 heavy (non-hydrogen) atoms. The molecule has 0 spiro atoms. The topological polar surface area (TPSA) is 90.9 Å². The Hall–Kier alpha value is -3.52. The molecule has 1 atom stereocenters. The molecule has 1 N–H and O–H groups in total. The van der Waals surface area contributed by atoms with Gasteiger partial charge in [0.1, 0.15) is 11.9 Å². The SMILES string of the molecule is COc1ccccc1OCC(=O)NCC1Cc2cc(-c3ccc(S(C)(=O)=O)cc3)ccc2O1. The van der Waals surface area contributed by atoms with Crippen LogP contribution in [0.15, 0.2) is 71.6 Å². The molecule has 3 aromatic carbocycles. The maximum atomic E-state index is 12.2. The van der Waals surface area contributed by atoms with Gasteiger partial charge in [-0.1, -0.05) is 30.3 Å². The van der Waals surface area contributed by atoms with Gasteiger partial charge in [0.2, 0.25) is 0 Å². The van der Waals surface area contributed by atoms with Crippen molar-refractivity contribution >= 4 is 15.7 Å². The molecule has 1 aliphatic rings. The number of hydrogen-bond donors (Lipinski definition) is 1. The molecular weight excluding hydrogens is 442 g/mol. The van der Waals surface area contributed by atoms with E-state index in [1.54, 1.807) is 43.5 Å². The second-order valence-electron chi connectivity index (χ2n) is 7.81. The highest BCUT2D eigenvalue weighted by molar-refractivity contribution is 7.90. The fraction of sp³-hybridized carbons (Fsp3) is 0.240. The average molecular weight is 468 g/mol. The van der Waals surface area contributed by atoms with Crippen molar-refractivity contribution < 1.29 is 27.4 Å². The number of para-hydroxylation sites is 2. The number of benzene rings is 3. The quantitative estimate of drug-likeness (QED) is 0.547. The van der Waals surface area contributed by atoms with Crippen LogP contribution in [0.5, 0.6) is 17.2 Å². The first-order valence-electron chi connectivity index (χ1n) is 10.5. The Kier molecular flexibility index (Phi) is 6.55. The number of amides is 1. The van der Waals surface area contributed by atoms with Crippen LogP contribution in [0.4, 0.5) is 0 Å². The number of carbonyl (C=O) groups excluding carboxylic acids is 1. The van der Waals surface area contributed by atoms with Crippen molar-refractivity contribution in [2.24, 2.45) is 0 Å². The van der Waals surface area contributed by atoms with Crippen molar-refractivity contribution in [3.63, 3.8) is 0 Å². The zero-order chi connectivity index (χ0) is 23.4. The molecule has 8 heteroatoms. The normalized spacial score (nSPS) is 14.8. The van der Waals surface area contributed by atoms with Crippen LogP contribution < -0.4 is 19.5 Å². The van der Waals surface area contributed by atoms with Gasteiger partial charge in [-0.15, -0.1) is 0 Å². The van der Waals surface area contributed by atoms with Crippen LogP contribution >= 0.6 is 0 Å². The van der Waals surface area contributed by atoms with Gasteiger partial charge >= 0.3 is 0 Å². The molecule has 1 unspecified atom stereocenters. The number of nitrogens with one attached hydrogen (secondary N) is 1. The van der Waals surface area contributed by atoms with Gasteiger partial charge in [0.05, 0.1) is 18.6 Å². The van der Waals surface area contributed by atoms with E-state index in [-0.39, 0.29) is 18.6 Å². The average Bonchev–Trinajstić information content (AvgIpc) is 3.23. The molecule has 7 nitrogen and oxygen atoms in total. The van der Waals surface area contributed by atoms with Gasteiger partial charge in [-0.05, 0) is 53.1 Å². The van der Waals surface area contributed by atoms with Gasteiger partial charge in [0, 0.05) is 12.7 Å². The molecule has 1 aliphatic heterocycles. The summed E-state index contributed by atoms with van der Waals surface area (Å²) in [5.74, 6) is 1.63. The number of methoxy groups -OCH3 is 1. The third-order valence-electron chi connectivity index (χ3n) is 5.37. The van der Waals surface area contributed by atoms with Gasteiger partial charge in [-0.25, -0.2) is 8.42 Å². The van der Waals surface area contributed by atoms with E-state index < -0.39 is 9.84 Å². The van der Waals surface area contributed by atoms with Crippen LogP contribution in [0.2, 0.25) is 0 Å². The minimum Gasteiger partial charge on any atom is -0.493 e. The molecule has 172 valence electrons. The first-order valence-corrected chi connectivity index (χ1v) is 12.4. The third kappa shape index (κ3) is 5.46. The molecule has 0 bridgehead atoms. The van der Waals surface area contributed by atoms with Crippen molar-refractivity contribution in [1.82, 2.24) is 5.32 Å². The minimum absolute atomic E-state index is 0.117. The van der Waals surface area contributed by atoms with Crippen molar-refractivity contribution in [2.75, 3.05) is 26.5 Å². The number of sulfone groups is 1. The lowest BCUT2D eigenvalue weighted by molar-refractivity contribution is -0.123. The summed E-state index contributed by atoms with van der Waals surface area (Å²) in [6.45, 7) is 0.245. The molecule has 0 radical (unpaired) electrons. The fourth-order valence-electron chi connectivity index (χ4n) is 3.67. The summed E-state index contributed by atoms with van der Waals surface area (Å²) in [6.07, 6.45) is 1.69. The molecule has 1 heterocycles. The lowest BCUT2D eigenvalue weighted by Crippen LogP contribution is -2.37. The summed E-state index contributed by atoms with van der Waals surface area (Å²) in [7, 11) is -1.68. The van der Waals surface area contributed by atoms with E-state index >= 15 is 0 Å². The van der Waals surface area contributed by atoms with Crippen molar-refractivity contribution in [3.8, 4) is 28.4 Å². The lowest BCUT2D eigenvalue weighted by Gasteiger charge is -2.13. The molecule has 1 amide bonds.